The Labute approximate surface area is 133 Å². The first-order chi connectivity index (χ1) is 11.2. The average Bonchev–Trinajstić information content (AvgIpc) is 3.12. The Morgan fingerprint density at radius 1 is 1.26 bits per heavy atom. The summed E-state index contributed by atoms with van der Waals surface area (Å²) >= 11 is 0. The Kier molecular flexibility index (Phi) is 2.70. The molecular formula is C16H19N5O2. The SMILES string of the molecule is Cc1ccc2nc(NC3=NC[C@@]4(CN5CCC4CC5)O3)oc2n1. The lowest BCUT2D eigenvalue weighted by atomic mass is 9.75. The van der Waals surface area contributed by atoms with E-state index in [-0.39, 0.29) is 5.60 Å². The van der Waals surface area contributed by atoms with E-state index in [2.05, 4.69) is 25.2 Å². The van der Waals surface area contributed by atoms with Crippen molar-refractivity contribution < 1.29 is 9.15 Å². The molecule has 3 saturated heterocycles. The zero-order chi connectivity index (χ0) is 15.4. The smallest absolute Gasteiger partial charge is 0.305 e. The van der Waals surface area contributed by atoms with Gasteiger partial charge in [0.15, 0.2) is 0 Å². The fourth-order valence-corrected chi connectivity index (χ4v) is 4.00. The van der Waals surface area contributed by atoms with E-state index in [1.807, 2.05) is 19.1 Å². The van der Waals surface area contributed by atoms with Crippen molar-refractivity contribution in [2.45, 2.75) is 25.4 Å². The molecule has 0 amide bonds. The molecule has 2 aromatic rings. The predicted molar refractivity (Wildman–Crippen MR) is 85.4 cm³/mol. The van der Waals surface area contributed by atoms with Crippen molar-refractivity contribution in [1.29, 1.82) is 0 Å². The number of oxazole rings is 1. The number of fused-ring (bicyclic) bond motifs is 3. The number of pyridine rings is 1. The Balaban J connectivity index is 1.35. The summed E-state index contributed by atoms with van der Waals surface area (Å²) < 4.78 is 11.9. The largest absolute Gasteiger partial charge is 0.455 e. The number of aromatic nitrogens is 2. The lowest BCUT2D eigenvalue weighted by molar-refractivity contribution is -0.0829. The van der Waals surface area contributed by atoms with Crippen molar-refractivity contribution in [3.05, 3.63) is 17.8 Å². The summed E-state index contributed by atoms with van der Waals surface area (Å²) in [7, 11) is 0. The van der Waals surface area contributed by atoms with Gasteiger partial charge in [0, 0.05) is 18.2 Å². The Morgan fingerprint density at radius 3 is 2.91 bits per heavy atom. The molecule has 0 aliphatic carbocycles. The van der Waals surface area contributed by atoms with Crippen LogP contribution in [0.3, 0.4) is 0 Å². The first-order valence-electron chi connectivity index (χ1n) is 8.17. The molecule has 0 saturated carbocycles. The maximum atomic E-state index is 6.22. The third kappa shape index (κ3) is 2.10. The number of piperidine rings is 3. The van der Waals surface area contributed by atoms with Gasteiger partial charge in [0.25, 0.3) is 6.02 Å². The van der Waals surface area contributed by atoms with E-state index in [0.717, 1.165) is 17.8 Å². The highest BCUT2D eigenvalue weighted by molar-refractivity contribution is 5.89. The monoisotopic (exact) mass is 313 g/mol. The van der Waals surface area contributed by atoms with E-state index in [4.69, 9.17) is 9.15 Å². The second kappa shape index (κ2) is 4.67. The number of aryl methyl sites for hydroxylation is 1. The van der Waals surface area contributed by atoms with Crippen LogP contribution in [-0.2, 0) is 4.74 Å². The van der Waals surface area contributed by atoms with Gasteiger partial charge in [-0.3, -0.25) is 10.2 Å². The maximum absolute atomic E-state index is 6.22. The molecule has 0 radical (unpaired) electrons. The van der Waals surface area contributed by atoms with Gasteiger partial charge in [-0.25, -0.2) is 9.98 Å². The molecule has 1 atom stereocenters. The van der Waals surface area contributed by atoms with Gasteiger partial charge in [-0.15, -0.1) is 0 Å². The minimum atomic E-state index is -0.153. The van der Waals surface area contributed by atoms with Crippen LogP contribution in [0.15, 0.2) is 21.5 Å². The zero-order valence-electron chi connectivity index (χ0n) is 13.1. The summed E-state index contributed by atoms with van der Waals surface area (Å²) in [6.07, 6.45) is 2.41. The molecule has 1 N–H and O–H groups in total. The normalized spacial score (nSPS) is 32.3. The van der Waals surface area contributed by atoms with Crippen LogP contribution in [-0.4, -0.2) is 52.7 Å². The molecule has 7 heteroatoms. The number of nitrogens with one attached hydrogen (secondary N) is 1. The number of ether oxygens (including phenoxy) is 1. The first-order valence-corrected chi connectivity index (χ1v) is 8.17. The molecule has 4 aliphatic rings. The topological polar surface area (TPSA) is 75.8 Å². The van der Waals surface area contributed by atoms with Gasteiger partial charge in [0.1, 0.15) is 11.1 Å². The van der Waals surface area contributed by atoms with Crippen molar-refractivity contribution in [3.8, 4) is 0 Å². The van der Waals surface area contributed by atoms with Crippen LogP contribution in [0.2, 0.25) is 0 Å². The third-order valence-electron chi connectivity index (χ3n) is 5.22. The quantitative estimate of drug-likeness (QED) is 0.865. The summed E-state index contributed by atoms with van der Waals surface area (Å²) in [5.41, 5.74) is 2.01. The molecule has 4 aliphatic heterocycles. The molecule has 1 spiro atoms. The highest BCUT2D eigenvalue weighted by Crippen LogP contribution is 2.40. The average molecular weight is 313 g/mol. The molecule has 120 valence electrons. The van der Waals surface area contributed by atoms with E-state index in [1.165, 1.54) is 25.9 Å². The van der Waals surface area contributed by atoms with Gasteiger partial charge in [-0.05, 0) is 45.0 Å². The number of amidine groups is 1. The van der Waals surface area contributed by atoms with Gasteiger partial charge in [-0.1, -0.05) is 0 Å². The Morgan fingerprint density at radius 2 is 2.13 bits per heavy atom. The number of anilines is 1. The van der Waals surface area contributed by atoms with Crippen molar-refractivity contribution in [2.75, 3.05) is 31.5 Å². The van der Waals surface area contributed by atoms with Crippen molar-refractivity contribution in [2.24, 2.45) is 10.9 Å². The molecule has 2 bridgehead atoms. The maximum Gasteiger partial charge on any atom is 0.305 e. The number of nitrogens with zero attached hydrogens (tertiary/aromatic N) is 4. The van der Waals surface area contributed by atoms with E-state index < -0.39 is 0 Å². The second-order valence-electron chi connectivity index (χ2n) is 6.76. The summed E-state index contributed by atoms with van der Waals surface area (Å²) in [5, 5.41) is 3.07. The van der Waals surface area contributed by atoms with Crippen molar-refractivity contribution >= 4 is 23.3 Å². The standard InChI is InChI=1S/C16H19N5O2/c1-10-2-3-12-13(18-10)22-15(19-12)20-14-17-8-16(23-14)9-21-6-4-11(16)5-7-21/h2-3,11H,4-9H2,1H3,(H,17,19,20)/t16-/m0/s1. The fraction of sp³-hybridized carbons (Fsp3) is 0.562. The van der Waals surface area contributed by atoms with Crippen molar-refractivity contribution in [3.63, 3.8) is 0 Å². The lowest BCUT2D eigenvalue weighted by Crippen LogP contribution is -2.61. The van der Waals surface area contributed by atoms with E-state index >= 15 is 0 Å². The molecule has 23 heavy (non-hydrogen) atoms. The third-order valence-corrected chi connectivity index (χ3v) is 5.22. The van der Waals surface area contributed by atoms with Gasteiger partial charge in [-0.2, -0.15) is 4.98 Å². The minimum absolute atomic E-state index is 0.153. The first kappa shape index (κ1) is 13.3. The van der Waals surface area contributed by atoms with Crippen LogP contribution < -0.4 is 5.32 Å². The van der Waals surface area contributed by atoms with Gasteiger partial charge >= 0.3 is 6.01 Å². The number of rotatable bonds is 1. The highest BCUT2D eigenvalue weighted by Gasteiger charge is 2.51. The van der Waals surface area contributed by atoms with E-state index in [1.54, 1.807) is 0 Å². The molecule has 6 rings (SSSR count). The molecule has 7 nitrogen and oxygen atoms in total. The zero-order valence-corrected chi connectivity index (χ0v) is 13.1. The molecule has 3 fully saturated rings. The summed E-state index contributed by atoms with van der Waals surface area (Å²) in [5.74, 6) is 0.600. The fourth-order valence-electron chi connectivity index (χ4n) is 4.00. The Hall–Kier alpha value is -2.15. The van der Waals surface area contributed by atoms with Gasteiger partial charge < -0.3 is 9.15 Å². The summed E-state index contributed by atoms with van der Waals surface area (Å²) in [4.78, 5) is 15.7. The number of hydrogen-bond acceptors (Lipinski definition) is 7. The van der Waals surface area contributed by atoms with Crippen LogP contribution in [0.1, 0.15) is 18.5 Å². The van der Waals surface area contributed by atoms with Gasteiger partial charge in [0.05, 0.1) is 6.54 Å². The molecule has 2 aromatic heterocycles. The Bertz CT molecular complexity index is 793. The molecule has 6 heterocycles. The molecular weight excluding hydrogens is 294 g/mol. The van der Waals surface area contributed by atoms with Crippen LogP contribution >= 0.6 is 0 Å². The minimum Gasteiger partial charge on any atom is -0.455 e. The summed E-state index contributed by atoms with van der Waals surface area (Å²) in [6.45, 7) is 5.99. The second-order valence-corrected chi connectivity index (χ2v) is 6.76. The highest BCUT2D eigenvalue weighted by atomic mass is 16.5. The molecule has 0 unspecified atom stereocenters. The van der Waals surface area contributed by atoms with Crippen LogP contribution in [0, 0.1) is 12.8 Å². The van der Waals surface area contributed by atoms with Crippen LogP contribution in [0.5, 0.6) is 0 Å². The lowest BCUT2D eigenvalue weighted by Gasteiger charge is -2.50. The van der Waals surface area contributed by atoms with Crippen LogP contribution in [0.4, 0.5) is 6.01 Å². The van der Waals surface area contributed by atoms with Crippen molar-refractivity contribution in [1.82, 2.24) is 14.9 Å². The predicted octanol–water partition coefficient (Wildman–Crippen LogP) is 1.79. The van der Waals surface area contributed by atoms with Crippen LogP contribution in [0.25, 0.3) is 11.2 Å². The summed E-state index contributed by atoms with van der Waals surface area (Å²) in [6, 6.07) is 4.72. The van der Waals surface area contributed by atoms with Gasteiger partial charge in [0.2, 0.25) is 5.71 Å². The van der Waals surface area contributed by atoms with E-state index in [9.17, 15) is 0 Å². The van der Waals surface area contributed by atoms with E-state index in [0.29, 0.717) is 30.2 Å². The number of aliphatic imine (C=N–C) groups is 1. The molecule has 0 aromatic carbocycles. The number of hydrogen-bond donors (Lipinski definition) is 1.